The van der Waals surface area contributed by atoms with Gasteiger partial charge in [-0.2, -0.15) is 0 Å². The van der Waals surface area contributed by atoms with Crippen molar-refractivity contribution in [3.05, 3.63) is 83.9 Å². The summed E-state index contributed by atoms with van der Waals surface area (Å²) in [5, 5.41) is 2.97. The molecule has 3 rings (SSSR count). The Kier molecular flexibility index (Phi) is 10.6. The van der Waals surface area contributed by atoms with E-state index >= 15 is 0 Å². The minimum absolute atomic E-state index is 0.0119. The number of nitrogens with zero attached hydrogens (tertiary/aromatic N) is 2. The summed E-state index contributed by atoms with van der Waals surface area (Å²) < 4.78 is 40.3. The number of aryl methyl sites for hydroxylation is 1. The number of carbonyl (C=O) groups excluding carboxylic acids is 2. The molecule has 0 aromatic heterocycles. The fraction of sp³-hybridized carbons (Fsp3) is 0.375. The van der Waals surface area contributed by atoms with Gasteiger partial charge in [0.25, 0.3) is 10.0 Å². The number of carbonyl (C=O) groups is 2. The molecule has 3 aromatic carbocycles. The van der Waals surface area contributed by atoms with E-state index in [9.17, 15) is 18.0 Å². The molecule has 0 fully saturated rings. The average Bonchev–Trinajstić information content (AvgIpc) is 2.95. The molecule has 0 heterocycles. The van der Waals surface area contributed by atoms with Gasteiger partial charge in [0.05, 0.1) is 24.8 Å². The van der Waals surface area contributed by atoms with Gasteiger partial charge in [-0.1, -0.05) is 55.0 Å². The molecule has 226 valence electrons. The molecule has 0 aliphatic rings. The third-order valence-corrected chi connectivity index (χ3v) is 8.40. The molecule has 0 saturated heterocycles. The molecule has 0 unspecified atom stereocenters. The van der Waals surface area contributed by atoms with Crippen LogP contribution in [0.15, 0.2) is 77.7 Å². The van der Waals surface area contributed by atoms with Crippen LogP contribution in [0.1, 0.15) is 45.2 Å². The summed E-state index contributed by atoms with van der Waals surface area (Å²) in [5.74, 6) is -0.234. The van der Waals surface area contributed by atoms with Gasteiger partial charge in [0.1, 0.15) is 24.1 Å². The van der Waals surface area contributed by atoms with Crippen molar-refractivity contribution < 1.29 is 27.5 Å². The smallest absolute Gasteiger partial charge is 0.264 e. The van der Waals surface area contributed by atoms with Gasteiger partial charge in [-0.3, -0.25) is 13.9 Å². The van der Waals surface area contributed by atoms with Crippen LogP contribution in [-0.4, -0.2) is 57.5 Å². The van der Waals surface area contributed by atoms with Crippen LogP contribution in [0.4, 0.5) is 5.69 Å². The van der Waals surface area contributed by atoms with Crippen molar-refractivity contribution >= 4 is 27.5 Å². The maximum atomic E-state index is 14.3. The van der Waals surface area contributed by atoms with Gasteiger partial charge in [-0.15, -0.1) is 0 Å². The number of nitrogens with one attached hydrogen (secondary N) is 1. The Labute approximate surface area is 249 Å². The Balaban J connectivity index is 2.15. The molecule has 3 aromatic rings. The van der Waals surface area contributed by atoms with Crippen LogP contribution in [0.25, 0.3) is 0 Å². The molecule has 0 aliphatic heterocycles. The third-order valence-electron chi connectivity index (χ3n) is 6.62. The third kappa shape index (κ3) is 8.03. The van der Waals surface area contributed by atoms with E-state index in [4.69, 9.17) is 9.47 Å². The lowest BCUT2D eigenvalue weighted by molar-refractivity contribution is -0.141. The molecule has 0 radical (unpaired) electrons. The largest absolute Gasteiger partial charge is 0.497 e. The molecule has 42 heavy (non-hydrogen) atoms. The highest BCUT2D eigenvalue weighted by Crippen LogP contribution is 2.36. The number of benzene rings is 3. The van der Waals surface area contributed by atoms with E-state index in [1.807, 2.05) is 65.0 Å². The van der Waals surface area contributed by atoms with Crippen molar-refractivity contribution in [2.45, 2.75) is 64.1 Å². The predicted octanol–water partition coefficient (Wildman–Crippen LogP) is 4.93. The number of hydrogen-bond donors (Lipinski definition) is 1. The van der Waals surface area contributed by atoms with E-state index in [-0.39, 0.29) is 28.8 Å². The Morgan fingerprint density at radius 3 is 2.12 bits per heavy atom. The van der Waals surface area contributed by atoms with E-state index in [2.05, 4.69) is 5.32 Å². The van der Waals surface area contributed by atoms with E-state index in [1.165, 1.54) is 37.3 Å². The number of ether oxygens (including phenoxy) is 2. The second-order valence-electron chi connectivity index (χ2n) is 11.0. The lowest BCUT2D eigenvalue weighted by atomic mass is 10.1. The SMILES string of the molecule is CC[C@H](C(=O)NC(C)(C)C)N(Cc1ccccc1)C(=O)CN(c1cc(OC)ccc1OC)S(=O)(=O)c1ccc(C)cc1. The van der Waals surface area contributed by atoms with E-state index < -0.39 is 34.1 Å². The van der Waals surface area contributed by atoms with E-state index in [1.54, 1.807) is 24.3 Å². The van der Waals surface area contributed by atoms with Crippen molar-refractivity contribution in [2.24, 2.45) is 0 Å². The first kappa shape index (κ1) is 32.5. The second-order valence-corrected chi connectivity index (χ2v) is 12.9. The zero-order valence-electron chi connectivity index (χ0n) is 25.4. The topological polar surface area (TPSA) is 105 Å². The highest BCUT2D eigenvalue weighted by atomic mass is 32.2. The standard InChI is InChI=1S/C32H41N3O6S/c1-8-27(31(37)33-32(3,4)5)34(21-24-12-10-9-11-13-24)30(36)22-35(28-20-25(40-6)16-19-29(28)41-7)42(38,39)26-17-14-23(2)15-18-26/h9-20,27H,8,21-22H2,1-7H3,(H,33,37)/t27-/m1/s1. The number of sulfonamides is 1. The van der Waals surface area contributed by atoms with Gasteiger partial charge in [0.15, 0.2) is 0 Å². The van der Waals surface area contributed by atoms with E-state index in [0.29, 0.717) is 12.2 Å². The molecular weight excluding hydrogens is 554 g/mol. The Morgan fingerprint density at radius 1 is 0.929 bits per heavy atom. The van der Waals surface area contributed by atoms with Crippen molar-refractivity contribution in [3.63, 3.8) is 0 Å². The number of anilines is 1. The first-order valence-electron chi connectivity index (χ1n) is 13.8. The zero-order chi connectivity index (χ0) is 31.1. The zero-order valence-corrected chi connectivity index (χ0v) is 26.2. The molecule has 9 nitrogen and oxygen atoms in total. The number of rotatable bonds is 12. The van der Waals surface area contributed by atoms with Gasteiger partial charge in [0, 0.05) is 18.2 Å². The minimum Gasteiger partial charge on any atom is -0.497 e. The van der Waals surface area contributed by atoms with Gasteiger partial charge in [-0.05, 0) is 63.9 Å². The second kappa shape index (κ2) is 13.7. The van der Waals surface area contributed by atoms with Crippen molar-refractivity contribution in [1.29, 1.82) is 0 Å². The van der Waals surface area contributed by atoms with Crippen LogP contribution in [-0.2, 0) is 26.2 Å². The molecular formula is C32H41N3O6S. The van der Waals surface area contributed by atoms with Crippen LogP contribution in [0, 0.1) is 6.92 Å². The quantitative estimate of drug-likeness (QED) is 0.318. The highest BCUT2D eigenvalue weighted by Gasteiger charge is 2.35. The summed E-state index contributed by atoms with van der Waals surface area (Å²) in [5.41, 5.74) is 1.30. The van der Waals surface area contributed by atoms with Gasteiger partial charge >= 0.3 is 0 Å². The van der Waals surface area contributed by atoms with Crippen molar-refractivity contribution in [1.82, 2.24) is 10.2 Å². The fourth-order valence-corrected chi connectivity index (χ4v) is 5.91. The maximum absolute atomic E-state index is 14.3. The first-order chi connectivity index (χ1) is 19.8. The summed E-state index contributed by atoms with van der Waals surface area (Å²) in [6, 6.07) is 19.6. The molecule has 1 atom stereocenters. The van der Waals surface area contributed by atoms with E-state index in [0.717, 1.165) is 15.4 Å². The van der Waals surface area contributed by atoms with Crippen LogP contribution in [0.5, 0.6) is 11.5 Å². The van der Waals surface area contributed by atoms with Gasteiger partial charge in [-0.25, -0.2) is 8.42 Å². The maximum Gasteiger partial charge on any atom is 0.264 e. The molecule has 0 saturated carbocycles. The molecule has 1 N–H and O–H groups in total. The van der Waals surface area contributed by atoms with Crippen LogP contribution in [0.3, 0.4) is 0 Å². The van der Waals surface area contributed by atoms with Crippen LogP contribution < -0.4 is 19.1 Å². The number of hydrogen-bond acceptors (Lipinski definition) is 6. The predicted molar refractivity (Wildman–Crippen MR) is 164 cm³/mol. The Bertz CT molecular complexity index is 1470. The van der Waals surface area contributed by atoms with Crippen LogP contribution >= 0.6 is 0 Å². The molecule has 2 amide bonds. The Hall–Kier alpha value is -4.05. The first-order valence-corrected chi connectivity index (χ1v) is 15.2. The fourth-order valence-electron chi connectivity index (χ4n) is 4.49. The summed E-state index contributed by atoms with van der Waals surface area (Å²) >= 11 is 0. The van der Waals surface area contributed by atoms with Crippen molar-refractivity contribution in [3.8, 4) is 11.5 Å². The monoisotopic (exact) mass is 595 g/mol. The van der Waals surface area contributed by atoms with Gasteiger partial charge in [0.2, 0.25) is 11.8 Å². The lowest BCUT2D eigenvalue weighted by Gasteiger charge is -2.35. The van der Waals surface area contributed by atoms with Crippen LogP contribution in [0.2, 0.25) is 0 Å². The summed E-state index contributed by atoms with van der Waals surface area (Å²) in [6.45, 7) is 8.82. The summed E-state index contributed by atoms with van der Waals surface area (Å²) in [4.78, 5) is 29.2. The normalized spacial score (nSPS) is 12.3. The molecule has 0 bridgehead atoms. The summed E-state index contributed by atoms with van der Waals surface area (Å²) in [6.07, 6.45) is 0.327. The number of amides is 2. The van der Waals surface area contributed by atoms with Gasteiger partial charge < -0.3 is 19.7 Å². The van der Waals surface area contributed by atoms with Crippen molar-refractivity contribution in [2.75, 3.05) is 25.1 Å². The molecule has 0 spiro atoms. The Morgan fingerprint density at radius 2 is 1.57 bits per heavy atom. The number of methoxy groups -OCH3 is 2. The summed E-state index contributed by atoms with van der Waals surface area (Å²) in [7, 11) is -1.37. The molecule has 0 aliphatic carbocycles. The lowest BCUT2D eigenvalue weighted by Crippen LogP contribution is -2.55. The average molecular weight is 596 g/mol. The highest BCUT2D eigenvalue weighted by molar-refractivity contribution is 7.92. The molecule has 10 heteroatoms. The minimum atomic E-state index is -4.26.